The first-order chi connectivity index (χ1) is 17.7. The summed E-state index contributed by atoms with van der Waals surface area (Å²) in [7, 11) is 0. The molecule has 1 N–H and O–H groups in total. The number of hydrogen-bond donors (Lipinski definition) is 1. The van der Waals surface area contributed by atoms with Crippen molar-refractivity contribution in [3.8, 4) is 17.6 Å². The summed E-state index contributed by atoms with van der Waals surface area (Å²) in [4.78, 5) is 13.0. The highest BCUT2D eigenvalue weighted by Crippen LogP contribution is 2.42. The summed E-state index contributed by atoms with van der Waals surface area (Å²) < 4.78 is 11.2. The molecular weight excluding hydrogens is 448 g/mol. The molecule has 0 saturated heterocycles. The molecule has 1 unspecified atom stereocenters. The maximum absolute atomic E-state index is 13.0. The zero-order valence-electron chi connectivity index (χ0n) is 19.8. The van der Waals surface area contributed by atoms with Gasteiger partial charge in [-0.3, -0.25) is 4.79 Å². The summed E-state index contributed by atoms with van der Waals surface area (Å²) in [6, 6.07) is 36.0. The molecule has 4 aromatic rings. The summed E-state index contributed by atoms with van der Waals surface area (Å²) in [6.07, 6.45) is 0.213. The average molecular weight is 475 g/mol. The smallest absolute Gasteiger partial charge is 0.231 e. The molecule has 5 heteroatoms. The number of ether oxygens (including phenoxy) is 2. The lowest BCUT2D eigenvalue weighted by molar-refractivity contribution is -0.120. The summed E-state index contributed by atoms with van der Waals surface area (Å²) in [6.45, 7) is 0.646. The molecule has 1 heterocycles. The molecule has 0 aromatic heterocycles. The summed E-state index contributed by atoms with van der Waals surface area (Å²) in [5.41, 5.74) is 4.76. The number of amides is 1. The largest absolute Gasteiger partial charge is 0.454 e. The second-order valence-corrected chi connectivity index (χ2v) is 8.81. The monoisotopic (exact) mass is 474 g/mol. The van der Waals surface area contributed by atoms with Crippen molar-refractivity contribution < 1.29 is 14.3 Å². The third-order valence-corrected chi connectivity index (χ3v) is 6.48. The fraction of sp³-hybridized carbons (Fsp3) is 0.161. The minimum atomic E-state index is -0.0873. The number of nitriles is 1. The molecule has 4 aromatic carbocycles. The van der Waals surface area contributed by atoms with Gasteiger partial charge in [0.2, 0.25) is 12.7 Å². The first-order valence-electron chi connectivity index (χ1n) is 12.0. The van der Waals surface area contributed by atoms with E-state index < -0.39 is 0 Å². The van der Waals surface area contributed by atoms with Gasteiger partial charge in [0, 0.05) is 18.4 Å². The van der Waals surface area contributed by atoms with E-state index in [2.05, 4.69) is 41.7 Å². The second kappa shape index (κ2) is 10.8. The Balaban J connectivity index is 1.47. The van der Waals surface area contributed by atoms with Gasteiger partial charge in [-0.2, -0.15) is 5.26 Å². The zero-order chi connectivity index (χ0) is 24.7. The molecule has 0 aliphatic carbocycles. The molecule has 178 valence electrons. The van der Waals surface area contributed by atoms with Gasteiger partial charge in [0.15, 0.2) is 11.5 Å². The van der Waals surface area contributed by atoms with Crippen LogP contribution in [0.3, 0.4) is 0 Å². The average Bonchev–Trinajstić information content (AvgIpc) is 3.40. The van der Waals surface area contributed by atoms with Gasteiger partial charge in [0.25, 0.3) is 0 Å². The van der Waals surface area contributed by atoms with E-state index in [4.69, 9.17) is 9.47 Å². The highest BCUT2D eigenvalue weighted by Gasteiger charge is 2.28. The lowest BCUT2D eigenvalue weighted by atomic mass is 9.77. The van der Waals surface area contributed by atoms with Crippen LogP contribution in [0.2, 0.25) is 0 Å². The van der Waals surface area contributed by atoms with Gasteiger partial charge in [-0.1, -0.05) is 78.9 Å². The van der Waals surface area contributed by atoms with E-state index in [1.54, 1.807) is 18.2 Å². The molecule has 5 rings (SSSR count). The van der Waals surface area contributed by atoms with Crippen molar-refractivity contribution in [2.45, 2.75) is 18.3 Å². The van der Waals surface area contributed by atoms with Crippen molar-refractivity contribution in [1.82, 2.24) is 5.32 Å². The fourth-order valence-electron chi connectivity index (χ4n) is 4.77. The van der Waals surface area contributed by atoms with E-state index in [-0.39, 0.29) is 31.0 Å². The normalized spacial score (nSPS) is 12.7. The maximum Gasteiger partial charge on any atom is 0.231 e. The van der Waals surface area contributed by atoms with Gasteiger partial charge >= 0.3 is 0 Å². The maximum atomic E-state index is 13.0. The molecule has 1 aliphatic heterocycles. The number of carbonyl (C=O) groups excluding carboxylic acids is 1. The van der Waals surface area contributed by atoms with Crippen LogP contribution in [0.4, 0.5) is 0 Å². The van der Waals surface area contributed by atoms with Crippen LogP contribution in [0.25, 0.3) is 0 Å². The van der Waals surface area contributed by atoms with Crippen LogP contribution in [0, 0.1) is 11.3 Å². The summed E-state index contributed by atoms with van der Waals surface area (Å²) >= 11 is 0. The Morgan fingerprint density at radius 2 is 1.50 bits per heavy atom. The molecular formula is C31H26N2O3. The van der Waals surface area contributed by atoms with Gasteiger partial charge in [-0.25, -0.2) is 0 Å². The number of carbonyl (C=O) groups is 1. The Kier molecular flexibility index (Phi) is 6.95. The lowest BCUT2D eigenvalue weighted by Crippen LogP contribution is -2.32. The van der Waals surface area contributed by atoms with Crippen LogP contribution in [-0.2, 0) is 11.2 Å². The SMILES string of the molecule is N#Cc1cccc(CC(=O)NCC(c2ccc3c(c2)OCO3)C(c2ccccc2)c2ccccc2)c1. The third-order valence-electron chi connectivity index (χ3n) is 6.48. The highest BCUT2D eigenvalue weighted by atomic mass is 16.7. The first kappa shape index (κ1) is 23.2. The quantitative estimate of drug-likeness (QED) is 0.363. The van der Waals surface area contributed by atoms with Crippen LogP contribution in [-0.4, -0.2) is 19.2 Å². The molecule has 0 spiro atoms. The van der Waals surface area contributed by atoms with Gasteiger partial charge in [0.05, 0.1) is 18.1 Å². The van der Waals surface area contributed by atoms with Crippen LogP contribution < -0.4 is 14.8 Å². The molecule has 5 nitrogen and oxygen atoms in total. The Morgan fingerprint density at radius 3 is 2.19 bits per heavy atom. The van der Waals surface area contributed by atoms with Crippen molar-refractivity contribution in [2.24, 2.45) is 0 Å². The molecule has 1 aliphatic rings. The number of nitrogens with one attached hydrogen (secondary N) is 1. The third kappa shape index (κ3) is 5.24. The van der Waals surface area contributed by atoms with E-state index in [0.717, 1.165) is 22.6 Å². The first-order valence-corrected chi connectivity index (χ1v) is 12.0. The number of fused-ring (bicyclic) bond motifs is 1. The number of nitrogens with zero attached hydrogens (tertiary/aromatic N) is 1. The Bertz CT molecular complexity index is 1340. The Hall–Kier alpha value is -4.56. The number of rotatable bonds is 8. The Labute approximate surface area is 210 Å². The van der Waals surface area contributed by atoms with E-state index in [1.165, 1.54) is 11.1 Å². The minimum absolute atomic E-state index is 0.00925. The molecule has 1 amide bonds. The summed E-state index contributed by atoms with van der Waals surface area (Å²) in [5, 5.41) is 12.3. The van der Waals surface area contributed by atoms with E-state index in [0.29, 0.717) is 12.1 Å². The number of benzene rings is 4. The fourth-order valence-corrected chi connectivity index (χ4v) is 4.77. The van der Waals surface area contributed by atoms with Crippen molar-refractivity contribution in [3.05, 3.63) is 131 Å². The summed E-state index contributed by atoms with van der Waals surface area (Å²) in [5.74, 6) is 1.32. The van der Waals surface area contributed by atoms with Crippen molar-refractivity contribution in [1.29, 1.82) is 5.26 Å². The molecule has 0 saturated carbocycles. The Morgan fingerprint density at radius 1 is 0.806 bits per heavy atom. The highest BCUT2D eigenvalue weighted by molar-refractivity contribution is 5.78. The predicted octanol–water partition coefficient (Wildman–Crippen LogP) is 5.56. The minimum Gasteiger partial charge on any atom is -0.454 e. The van der Waals surface area contributed by atoms with E-state index in [9.17, 15) is 10.1 Å². The lowest BCUT2D eigenvalue weighted by Gasteiger charge is -2.29. The second-order valence-electron chi connectivity index (χ2n) is 8.81. The zero-order valence-corrected chi connectivity index (χ0v) is 19.8. The van der Waals surface area contributed by atoms with Crippen molar-refractivity contribution in [3.63, 3.8) is 0 Å². The van der Waals surface area contributed by atoms with Crippen molar-refractivity contribution >= 4 is 5.91 Å². The van der Waals surface area contributed by atoms with Crippen LogP contribution in [0.15, 0.2) is 103 Å². The molecule has 36 heavy (non-hydrogen) atoms. The van der Waals surface area contributed by atoms with Crippen LogP contribution in [0.5, 0.6) is 11.5 Å². The predicted molar refractivity (Wildman–Crippen MR) is 138 cm³/mol. The molecule has 1 atom stereocenters. The van der Waals surface area contributed by atoms with Gasteiger partial charge < -0.3 is 14.8 Å². The van der Waals surface area contributed by atoms with Crippen LogP contribution >= 0.6 is 0 Å². The topological polar surface area (TPSA) is 71.4 Å². The van der Waals surface area contributed by atoms with E-state index in [1.807, 2.05) is 54.6 Å². The van der Waals surface area contributed by atoms with Gasteiger partial charge in [-0.05, 0) is 46.5 Å². The number of hydrogen-bond acceptors (Lipinski definition) is 4. The standard InChI is InChI=1S/C31H26N2O3/c32-19-23-9-7-8-22(16-23)17-30(34)33-20-27(26-14-15-28-29(18-26)36-21-35-28)31(24-10-3-1-4-11-24)25-12-5-2-6-13-25/h1-16,18,27,31H,17,20-21H2,(H,33,34). The van der Waals surface area contributed by atoms with Gasteiger partial charge in [-0.15, -0.1) is 0 Å². The van der Waals surface area contributed by atoms with Crippen LogP contribution in [0.1, 0.15) is 39.7 Å². The van der Waals surface area contributed by atoms with Crippen molar-refractivity contribution in [2.75, 3.05) is 13.3 Å². The molecule has 0 fully saturated rings. The molecule has 0 bridgehead atoms. The van der Waals surface area contributed by atoms with Gasteiger partial charge in [0.1, 0.15) is 0 Å². The molecule has 0 radical (unpaired) electrons. The van der Waals surface area contributed by atoms with E-state index >= 15 is 0 Å².